The molecule has 30 heavy (non-hydrogen) atoms. The van der Waals surface area contributed by atoms with Gasteiger partial charge in [-0.3, -0.25) is 9.69 Å². The predicted molar refractivity (Wildman–Crippen MR) is 117 cm³/mol. The number of likely N-dealkylation sites (tertiary alicyclic amines) is 1. The first-order chi connectivity index (χ1) is 14.6. The van der Waals surface area contributed by atoms with E-state index in [1.165, 1.54) is 0 Å². The third-order valence-corrected chi connectivity index (χ3v) is 5.84. The molecule has 0 aliphatic carbocycles. The Labute approximate surface area is 183 Å². The first-order valence-corrected chi connectivity index (χ1v) is 10.5. The highest BCUT2D eigenvalue weighted by Gasteiger charge is 2.26. The molecular weight excluding hydrogens is 404 g/mol. The Balaban J connectivity index is 1.61. The van der Waals surface area contributed by atoms with E-state index in [0.717, 1.165) is 48.6 Å². The molecule has 1 saturated heterocycles. The summed E-state index contributed by atoms with van der Waals surface area (Å²) in [7, 11) is 4.73. The average molecular weight is 433 g/mol. The van der Waals surface area contributed by atoms with Crippen molar-refractivity contribution in [2.24, 2.45) is 5.92 Å². The van der Waals surface area contributed by atoms with Gasteiger partial charge in [-0.1, -0.05) is 29.8 Å². The fraction of sp³-hybridized carbons (Fsp3) is 0.435. The van der Waals surface area contributed by atoms with Gasteiger partial charge < -0.3 is 19.5 Å². The Kier molecular flexibility index (Phi) is 7.82. The number of nitrogens with one attached hydrogen (secondary N) is 1. The zero-order valence-corrected chi connectivity index (χ0v) is 18.5. The number of methoxy groups -OCH3 is 3. The molecule has 0 radical (unpaired) electrons. The van der Waals surface area contributed by atoms with Crippen molar-refractivity contribution in [2.45, 2.75) is 25.9 Å². The first kappa shape index (κ1) is 22.2. The Morgan fingerprint density at radius 1 is 1.07 bits per heavy atom. The van der Waals surface area contributed by atoms with Gasteiger partial charge in [0, 0.05) is 30.2 Å². The Morgan fingerprint density at radius 2 is 1.83 bits per heavy atom. The molecule has 2 aromatic rings. The number of benzene rings is 2. The molecule has 0 saturated carbocycles. The maximum absolute atomic E-state index is 12.9. The third kappa shape index (κ3) is 5.18. The van der Waals surface area contributed by atoms with Crippen LogP contribution >= 0.6 is 11.6 Å². The van der Waals surface area contributed by atoms with E-state index in [9.17, 15) is 4.79 Å². The van der Waals surface area contributed by atoms with E-state index in [4.69, 9.17) is 25.8 Å². The van der Waals surface area contributed by atoms with E-state index in [-0.39, 0.29) is 11.8 Å². The van der Waals surface area contributed by atoms with Crippen LogP contribution in [0.3, 0.4) is 0 Å². The Hall–Kier alpha value is -2.44. The number of rotatable bonds is 8. The molecule has 7 heteroatoms. The number of nitrogens with zero attached hydrogens (tertiary/aromatic N) is 1. The minimum Gasteiger partial charge on any atom is -0.493 e. The molecule has 0 unspecified atom stereocenters. The van der Waals surface area contributed by atoms with Gasteiger partial charge in [-0.2, -0.15) is 0 Å². The highest BCUT2D eigenvalue weighted by molar-refractivity contribution is 6.31. The monoisotopic (exact) mass is 432 g/mol. The normalized spacial score (nSPS) is 16.7. The maximum atomic E-state index is 12.9. The second-order valence-electron chi connectivity index (χ2n) is 7.38. The molecule has 162 valence electrons. The SMILES string of the molecule is COc1ccc(CNC(=O)[C@H]2CCCN(Cc3ccccc3Cl)C2)c(OC)c1OC. The molecule has 3 rings (SSSR count). The van der Waals surface area contributed by atoms with Gasteiger partial charge in [-0.15, -0.1) is 0 Å². The molecule has 1 aliphatic rings. The van der Waals surface area contributed by atoms with E-state index in [0.29, 0.717) is 23.8 Å². The quantitative estimate of drug-likeness (QED) is 0.685. The summed E-state index contributed by atoms with van der Waals surface area (Å²) in [6, 6.07) is 11.6. The summed E-state index contributed by atoms with van der Waals surface area (Å²) in [5.41, 5.74) is 1.93. The van der Waals surface area contributed by atoms with Gasteiger partial charge >= 0.3 is 0 Å². The molecule has 1 N–H and O–H groups in total. The smallest absolute Gasteiger partial charge is 0.224 e. The number of ether oxygens (including phenoxy) is 3. The van der Waals surface area contributed by atoms with Gasteiger partial charge in [0.2, 0.25) is 11.7 Å². The number of carbonyl (C=O) groups is 1. The summed E-state index contributed by atoms with van der Waals surface area (Å²) in [6.45, 7) is 2.81. The van der Waals surface area contributed by atoms with E-state index < -0.39 is 0 Å². The van der Waals surface area contributed by atoms with E-state index in [2.05, 4.69) is 10.2 Å². The van der Waals surface area contributed by atoms with Crippen molar-refractivity contribution in [1.82, 2.24) is 10.2 Å². The lowest BCUT2D eigenvalue weighted by atomic mass is 9.96. The number of amides is 1. The lowest BCUT2D eigenvalue weighted by molar-refractivity contribution is -0.126. The Bertz CT molecular complexity index is 874. The van der Waals surface area contributed by atoms with E-state index in [1.807, 2.05) is 36.4 Å². The molecule has 1 heterocycles. The van der Waals surface area contributed by atoms with Crippen molar-refractivity contribution in [3.05, 3.63) is 52.5 Å². The molecular formula is C23H29ClN2O4. The van der Waals surface area contributed by atoms with Crippen LogP contribution in [0.2, 0.25) is 5.02 Å². The van der Waals surface area contributed by atoms with Crippen LogP contribution in [-0.2, 0) is 17.9 Å². The minimum absolute atomic E-state index is 0.0487. The van der Waals surface area contributed by atoms with Crippen molar-refractivity contribution in [1.29, 1.82) is 0 Å². The molecule has 0 bridgehead atoms. The molecule has 0 aromatic heterocycles. The van der Waals surface area contributed by atoms with Crippen molar-refractivity contribution in [2.75, 3.05) is 34.4 Å². The van der Waals surface area contributed by atoms with E-state index in [1.54, 1.807) is 21.3 Å². The number of hydrogen-bond donors (Lipinski definition) is 1. The number of piperidine rings is 1. The van der Waals surface area contributed by atoms with Crippen molar-refractivity contribution >= 4 is 17.5 Å². The van der Waals surface area contributed by atoms with Gasteiger partial charge in [0.1, 0.15) is 0 Å². The standard InChI is InChI=1S/C23H29ClN2O4/c1-28-20-11-10-16(21(29-2)22(20)30-3)13-25-23(27)18-8-6-12-26(15-18)14-17-7-4-5-9-19(17)24/h4-5,7,9-11,18H,6,8,12-15H2,1-3H3,(H,25,27)/t18-/m0/s1. The number of halogens is 1. The summed E-state index contributed by atoms with van der Waals surface area (Å²) in [4.78, 5) is 15.2. The second kappa shape index (κ2) is 10.5. The summed E-state index contributed by atoms with van der Waals surface area (Å²) in [5.74, 6) is 1.69. The highest BCUT2D eigenvalue weighted by atomic mass is 35.5. The van der Waals surface area contributed by atoms with Gasteiger partial charge in [-0.05, 0) is 43.1 Å². The zero-order valence-electron chi connectivity index (χ0n) is 17.7. The van der Waals surface area contributed by atoms with Crippen molar-refractivity contribution in [3.8, 4) is 17.2 Å². The van der Waals surface area contributed by atoms with Gasteiger partial charge in [0.15, 0.2) is 11.5 Å². The number of carbonyl (C=O) groups excluding carboxylic acids is 1. The second-order valence-corrected chi connectivity index (χ2v) is 7.78. The third-order valence-electron chi connectivity index (χ3n) is 5.47. The van der Waals surface area contributed by atoms with Crippen LogP contribution in [0.5, 0.6) is 17.2 Å². The van der Waals surface area contributed by atoms with Crippen LogP contribution in [0.15, 0.2) is 36.4 Å². The average Bonchev–Trinajstić information content (AvgIpc) is 2.78. The molecule has 0 spiro atoms. The predicted octanol–water partition coefficient (Wildman–Crippen LogP) is 3.89. The van der Waals surface area contributed by atoms with Crippen LogP contribution < -0.4 is 19.5 Å². The fourth-order valence-electron chi connectivity index (χ4n) is 3.91. The molecule has 1 atom stereocenters. The maximum Gasteiger partial charge on any atom is 0.224 e. The topological polar surface area (TPSA) is 60.0 Å². The van der Waals surface area contributed by atoms with Crippen LogP contribution in [0.1, 0.15) is 24.0 Å². The van der Waals surface area contributed by atoms with Crippen LogP contribution in [0.4, 0.5) is 0 Å². The lowest BCUT2D eigenvalue weighted by Crippen LogP contribution is -2.42. The molecule has 1 aliphatic heterocycles. The van der Waals surface area contributed by atoms with Crippen molar-refractivity contribution < 1.29 is 19.0 Å². The summed E-state index contributed by atoms with van der Waals surface area (Å²) >= 11 is 6.30. The molecule has 2 aromatic carbocycles. The van der Waals surface area contributed by atoms with Crippen LogP contribution in [-0.4, -0.2) is 45.2 Å². The lowest BCUT2D eigenvalue weighted by Gasteiger charge is -2.32. The summed E-state index contributed by atoms with van der Waals surface area (Å²) in [5, 5.41) is 3.83. The van der Waals surface area contributed by atoms with E-state index >= 15 is 0 Å². The minimum atomic E-state index is -0.0487. The largest absolute Gasteiger partial charge is 0.493 e. The molecule has 1 amide bonds. The summed E-state index contributed by atoms with van der Waals surface area (Å²) in [6.07, 6.45) is 1.87. The molecule has 6 nitrogen and oxygen atoms in total. The molecule has 1 fully saturated rings. The fourth-order valence-corrected chi connectivity index (χ4v) is 4.11. The first-order valence-electron chi connectivity index (χ1n) is 10.1. The Morgan fingerprint density at radius 3 is 2.53 bits per heavy atom. The summed E-state index contributed by atoms with van der Waals surface area (Å²) < 4.78 is 16.2. The number of hydrogen-bond acceptors (Lipinski definition) is 5. The van der Waals surface area contributed by atoms with Gasteiger partial charge in [-0.25, -0.2) is 0 Å². The van der Waals surface area contributed by atoms with Gasteiger partial charge in [0.25, 0.3) is 0 Å². The van der Waals surface area contributed by atoms with Crippen molar-refractivity contribution in [3.63, 3.8) is 0 Å². The highest BCUT2D eigenvalue weighted by Crippen LogP contribution is 2.39. The van der Waals surface area contributed by atoms with Crippen LogP contribution in [0, 0.1) is 5.92 Å². The van der Waals surface area contributed by atoms with Crippen LogP contribution in [0.25, 0.3) is 0 Å². The van der Waals surface area contributed by atoms with Gasteiger partial charge in [0.05, 0.1) is 27.2 Å². The zero-order chi connectivity index (χ0) is 21.5.